The summed E-state index contributed by atoms with van der Waals surface area (Å²) in [6.07, 6.45) is 1.14. The van der Waals surface area contributed by atoms with E-state index in [2.05, 4.69) is 4.98 Å². The van der Waals surface area contributed by atoms with Gasteiger partial charge in [0.05, 0.1) is 16.2 Å². The number of aromatic nitrogens is 1. The van der Waals surface area contributed by atoms with Gasteiger partial charge in [-0.1, -0.05) is 48.0 Å². The molecule has 1 saturated heterocycles. The molecule has 9 heteroatoms. The van der Waals surface area contributed by atoms with E-state index in [4.69, 9.17) is 4.74 Å². The van der Waals surface area contributed by atoms with Crippen LogP contribution >= 0.6 is 0 Å². The molecular weight excluding hydrogens is 502 g/mol. The van der Waals surface area contributed by atoms with Crippen LogP contribution in [0.25, 0.3) is 10.9 Å². The van der Waals surface area contributed by atoms with Crippen LogP contribution in [0.3, 0.4) is 0 Å². The van der Waals surface area contributed by atoms with Crippen molar-refractivity contribution in [1.82, 2.24) is 14.8 Å². The molecule has 1 aromatic heterocycles. The number of carbonyl (C=O) groups is 2. The van der Waals surface area contributed by atoms with Crippen LogP contribution in [0.2, 0.25) is 0 Å². The highest BCUT2D eigenvalue weighted by Gasteiger charge is 2.26. The number of benzene rings is 3. The predicted octanol–water partition coefficient (Wildman–Crippen LogP) is 4.47. The number of ether oxygens (including phenoxy) is 1. The normalized spacial score (nSPS) is 13.9. The van der Waals surface area contributed by atoms with Gasteiger partial charge in [0.1, 0.15) is 5.75 Å². The monoisotopic (exact) mass is 529 g/mol. The van der Waals surface area contributed by atoms with Crippen LogP contribution in [0, 0.1) is 6.92 Å². The van der Waals surface area contributed by atoms with Gasteiger partial charge in [-0.15, -0.1) is 0 Å². The van der Waals surface area contributed by atoms with E-state index < -0.39 is 15.9 Å². The molecule has 8 nitrogen and oxygen atoms in total. The Bertz CT molecular complexity index is 1570. The van der Waals surface area contributed by atoms with Crippen molar-refractivity contribution in [2.45, 2.75) is 17.6 Å². The minimum atomic E-state index is -3.64. The number of sulfone groups is 1. The maximum absolute atomic E-state index is 13.1. The number of pyridine rings is 1. The molecule has 2 amide bonds. The summed E-state index contributed by atoms with van der Waals surface area (Å²) < 4.78 is 31.7. The second kappa shape index (κ2) is 10.6. The fourth-order valence-electron chi connectivity index (χ4n) is 4.41. The van der Waals surface area contributed by atoms with Crippen LogP contribution in [-0.2, 0) is 15.6 Å². The molecule has 0 bridgehead atoms. The van der Waals surface area contributed by atoms with Crippen LogP contribution in [-0.4, -0.2) is 61.4 Å². The highest BCUT2D eigenvalue weighted by Crippen LogP contribution is 2.24. The van der Waals surface area contributed by atoms with Crippen molar-refractivity contribution in [3.8, 4) is 5.75 Å². The Kier molecular flexibility index (Phi) is 7.11. The number of hydrogen-bond donors (Lipinski definition) is 0. The summed E-state index contributed by atoms with van der Waals surface area (Å²) >= 11 is 0. The molecule has 38 heavy (non-hydrogen) atoms. The van der Waals surface area contributed by atoms with Gasteiger partial charge in [-0.25, -0.2) is 13.2 Å². The number of hydrogen-bond acceptors (Lipinski definition) is 6. The first-order valence-corrected chi connectivity index (χ1v) is 13.9. The molecule has 1 aliphatic rings. The topological polar surface area (TPSA) is 96.9 Å². The van der Waals surface area contributed by atoms with E-state index in [0.717, 1.165) is 10.9 Å². The molecule has 1 fully saturated rings. The summed E-state index contributed by atoms with van der Waals surface area (Å²) in [5, 5.41) is 0.762. The standard InChI is InChI=1S/C29H27N3O5S/c1-21-7-13-25(14-8-21)37-29(34)32-18-16-31(17-19-32)28(33)24-11-9-22(10-12-24)20-38(35,36)26-6-2-4-23-5-3-15-30-27(23)26/h2-15H,16-20H2,1H3. The number of para-hydroxylation sites is 1. The average molecular weight is 530 g/mol. The molecule has 0 unspecified atom stereocenters. The van der Waals surface area contributed by atoms with Crippen LogP contribution < -0.4 is 4.74 Å². The summed E-state index contributed by atoms with van der Waals surface area (Å²) in [6, 6.07) is 22.6. The van der Waals surface area contributed by atoms with Crippen molar-refractivity contribution in [2.24, 2.45) is 0 Å². The molecule has 0 spiro atoms. The van der Waals surface area contributed by atoms with Gasteiger partial charge in [-0.2, -0.15) is 0 Å². The minimum Gasteiger partial charge on any atom is -0.410 e. The van der Waals surface area contributed by atoms with Gasteiger partial charge in [0.2, 0.25) is 0 Å². The van der Waals surface area contributed by atoms with Gasteiger partial charge in [-0.05, 0) is 48.9 Å². The first-order valence-electron chi connectivity index (χ1n) is 12.3. The summed E-state index contributed by atoms with van der Waals surface area (Å²) in [6.45, 7) is 3.46. The third kappa shape index (κ3) is 5.52. The Morgan fingerprint density at radius 3 is 2.21 bits per heavy atom. The zero-order chi connectivity index (χ0) is 26.7. The molecule has 3 aromatic carbocycles. The first-order chi connectivity index (χ1) is 18.3. The summed E-state index contributed by atoms with van der Waals surface area (Å²) in [4.78, 5) is 33.2. The van der Waals surface area contributed by atoms with Crippen LogP contribution in [0.5, 0.6) is 5.75 Å². The first kappa shape index (κ1) is 25.4. The zero-order valence-electron chi connectivity index (χ0n) is 20.9. The summed E-state index contributed by atoms with van der Waals surface area (Å²) in [5.74, 6) is 0.126. The molecule has 0 N–H and O–H groups in total. The maximum Gasteiger partial charge on any atom is 0.415 e. The third-order valence-electron chi connectivity index (χ3n) is 6.54. The lowest BCUT2D eigenvalue weighted by Crippen LogP contribution is -2.51. The highest BCUT2D eigenvalue weighted by molar-refractivity contribution is 7.90. The van der Waals surface area contributed by atoms with Crippen LogP contribution in [0.15, 0.2) is 90.0 Å². The van der Waals surface area contributed by atoms with Crippen molar-refractivity contribution < 1.29 is 22.7 Å². The SMILES string of the molecule is Cc1ccc(OC(=O)N2CCN(C(=O)c3ccc(CS(=O)(=O)c4cccc5cccnc45)cc3)CC2)cc1. The lowest BCUT2D eigenvalue weighted by atomic mass is 10.1. The second-order valence-electron chi connectivity index (χ2n) is 9.25. The van der Waals surface area contributed by atoms with E-state index in [1.807, 2.05) is 31.2 Å². The molecular formula is C29H27N3O5S. The minimum absolute atomic E-state index is 0.163. The quantitative estimate of drug-likeness (QED) is 0.378. The molecule has 0 aliphatic carbocycles. The van der Waals surface area contributed by atoms with Gasteiger partial charge in [0.15, 0.2) is 9.84 Å². The fraction of sp³-hybridized carbons (Fsp3) is 0.207. The Hall–Kier alpha value is -4.24. The number of rotatable bonds is 5. The number of carbonyl (C=O) groups excluding carboxylic acids is 2. The van der Waals surface area contributed by atoms with Gasteiger partial charge >= 0.3 is 6.09 Å². The molecule has 2 heterocycles. The Balaban J connectivity index is 1.19. The average Bonchev–Trinajstić information content (AvgIpc) is 2.94. The highest BCUT2D eigenvalue weighted by atomic mass is 32.2. The summed E-state index contributed by atoms with van der Waals surface area (Å²) in [5.41, 5.74) is 2.57. The van der Waals surface area contributed by atoms with Crippen molar-refractivity contribution >= 4 is 32.7 Å². The van der Waals surface area contributed by atoms with E-state index in [-0.39, 0.29) is 16.6 Å². The van der Waals surface area contributed by atoms with E-state index in [9.17, 15) is 18.0 Å². The van der Waals surface area contributed by atoms with Gasteiger partial charge in [0.25, 0.3) is 5.91 Å². The van der Waals surface area contributed by atoms with Crippen LogP contribution in [0.1, 0.15) is 21.5 Å². The maximum atomic E-state index is 13.1. The Morgan fingerprint density at radius 1 is 0.842 bits per heavy atom. The Labute approximate surface area is 221 Å². The molecule has 5 rings (SSSR count). The fourth-order valence-corrected chi connectivity index (χ4v) is 5.95. The lowest BCUT2D eigenvalue weighted by Gasteiger charge is -2.34. The molecule has 1 aliphatic heterocycles. The third-order valence-corrected chi connectivity index (χ3v) is 8.25. The van der Waals surface area contributed by atoms with Crippen molar-refractivity contribution in [3.63, 3.8) is 0 Å². The number of aryl methyl sites for hydroxylation is 1. The number of nitrogens with zero attached hydrogens (tertiary/aromatic N) is 3. The van der Waals surface area contributed by atoms with E-state index >= 15 is 0 Å². The second-order valence-corrected chi connectivity index (χ2v) is 11.2. The van der Waals surface area contributed by atoms with Crippen molar-refractivity contribution in [1.29, 1.82) is 0 Å². The lowest BCUT2D eigenvalue weighted by molar-refractivity contribution is 0.0633. The Morgan fingerprint density at radius 2 is 1.50 bits per heavy atom. The van der Waals surface area contributed by atoms with Crippen molar-refractivity contribution in [3.05, 3.63) is 102 Å². The molecule has 0 atom stereocenters. The van der Waals surface area contributed by atoms with E-state index in [1.54, 1.807) is 70.6 Å². The number of fused-ring (bicyclic) bond motifs is 1. The van der Waals surface area contributed by atoms with Gasteiger partial charge in [0, 0.05) is 43.3 Å². The zero-order valence-corrected chi connectivity index (χ0v) is 21.7. The molecule has 4 aromatic rings. The number of piperazine rings is 1. The smallest absolute Gasteiger partial charge is 0.410 e. The summed E-state index contributed by atoms with van der Waals surface area (Å²) in [7, 11) is -3.64. The van der Waals surface area contributed by atoms with Gasteiger partial charge < -0.3 is 14.5 Å². The molecule has 0 radical (unpaired) electrons. The van der Waals surface area contributed by atoms with Crippen molar-refractivity contribution in [2.75, 3.05) is 26.2 Å². The number of amides is 2. The predicted molar refractivity (Wildman–Crippen MR) is 144 cm³/mol. The molecule has 194 valence electrons. The molecule has 0 saturated carbocycles. The van der Waals surface area contributed by atoms with E-state index in [1.165, 1.54) is 0 Å². The largest absolute Gasteiger partial charge is 0.415 e. The van der Waals surface area contributed by atoms with Crippen LogP contribution in [0.4, 0.5) is 4.79 Å². The van der Waals surface area contributed by atoms with E-state index in [0.29, 0.717) is 48.6 Å². The van der Waals surface area contributed by atoms with Gasteiger partial charge in [-0.3, -0.25) is 9.78 Å².